The van der Waals surface area contributed by atoms with Gasteiger partial charge < -0.3 is 5.32 Å². The molecule has 96 valence electrons. The molecule has 0 spiro atoms. The molecule has 0 aromatic carbocycles. The number of nitrogens with one attached hydrogen (secondary N) is 1. The molecule has 1 fully saturated rings. The van der Waals surface area contributed by atoms with Crippen LogP contribution in [0.25, 0.3) is 0 Å². The fraction of sp³-hybridized carbons (Fsp3) is 0.467. The summed E-state index contributed by atoms with van der Waals surface area (Å²) in [7, 11) is 0. The molecule has 0 bridgehead atoms. The predicted molar refractivity (Wildman–Crippen MR) is 80.4 cm³/mol. The lowest BCUT2D eigenvalue weighted by molar-refractivity contribution is 0.153. The lowest BCUT2D eigenvalue weighted by Crippen LogP contribution is -2.38. The van der Waals surface area contributed by atoms with Crippen molar-refractivity contribution in [3.8, 4) is 0 Å². The van der Waals surface area contributed by atoms with Crippen molar-refractivity contribution in [2.45, 2.75) is 32.2 Å². The van der Waals surface area contributed by atoms with Crippen molar-refractivity contribution in [1.29, 1.82) is 0 Å². The normalized spacial score (nSPS) is 17.9. The minimum Gasteiger partial charge on any atom is -0.304 e. The van der Waals surface area contributed by atoms with Gasteiger partial charge in [-0.2, -0.15) is 0 Å². The van der Waals surface area contributed by atoms with E-state index in [0.717, 1.165) is 6.54 Å². The summed E-state index contributed by atoms with van der Waals surface area (Å²) in [5, 5.41) is 8.13. The van der Waals surface area contributed by atoms with Gasteiger partial charge in [-0.15, -0.1) is 22.7 Å². The van der Waals surface area contributed by atoms with Gasteiger partial charge in [-0.25, -0.2) is 0 Å². The van der Waals surface area contributed by atoms with Crippen molar-refractivity contribution < 1.29 is 0 Å². The Labute approximate surface area is 117 Å². The Morgan fingerprint density at radius 2 is 1.78 bits per heavy atom. The molecule has 2 aromatic rings. The van der Waals surface area contributed by atoms with Gasteiger partial charge in [-0.3, -0.25) is 0 Å². The Hall–Kier alpha value is -0.640. The van der Waals surface area contributed by atoms with Crippen LogP contribution < -0.4 is 5.32 Å². The summed E-state index contributed by atoms with van der Waals surface area (Å²) in [5.74, 6) is 0. The lowest BCUT2D eigenvalue weighted by Gasteiger charge is -2.39. The summed E-state index contributed by atoms with van der Waals surface area (Å²) in [6.07, 6.45) is 4.16. The summed E-state index contributed by atoms with van der Waals surface area (Å²) in [6, 6.07) is 9.17. The second-order valence-corrected chi connectivity index (χ2v) is 7.47. The lowest BCUT2D eigenvalue weighted by atomic mass is 9.70. The van der Waals surface area contributed by atoms with Crippen LogP contribution in [0.4, 0.5) is 0 Å². The zero-order chi connectivity index (χ0) is 12.4. The van der Waals surface area contributed by atoms with Gasteiger partial charge in [0.25, 0.3) is 0 Å². The average Bonchev–Trinajstić information content (AvgIpc) is 2.99. The number of hydrogen-bond acceptors (Lipinski definition) is 3. The van der Waals surface area contributed by atoms with E-state index in [0.29, 0.717) is 11.5 Å². The van der Waals surface area contributed by atoms with Gasteiger partial charge in [-0.1, -0.05) is 25.5 Å². The molecule has 2 heterocycles. The van der Waals surface area contributed by atoms with Crippen molar-refractivity contribution in [2.75, 3.05) is 6.54 Å². The maximum absolute atomic E-state index is 3.79. The fourth-order valence-electron chi connectivity index (χ4n) is 2.56. The van der Waals surface area contributed by atoms with Gasteiger partial charge in [0.2, 0.25) is 0 Å². The molecule has 1 nitrogen and oxygen atoms in total. The summed E-state index contributed by atoms with van der Waals surface area (Å²) >= 11 is 3.70. The Morgan fingerprint density at radius 3 is 2.17 bits per heavy atom. The minimum absolute atomic E-state index is 0.391. The van der Waals surface area contributed by atoms with Crippen LogP contribution in [-0.2, 0) is 0 Å². The SMILES string of the molecule is CC1(CNC(c2cccs2)c2cccs2)CCC1. The zero-order valence-electron chi connectivity index (χ0n) is 10.7. The molecule has 0 amide bonds. The molecule has 0 unspecified atom stereocenters. The quantitative estimate of drug-likeness (QED) is 0.837. The smallest absolute Gasteiger partial charge is 0.0765 e. The van der Waals surface area contributed by atoms with E-state index in [9.17, 15) is 0 Å². The van der Waals surface area contributed by atoms with Gasteiger partial charge in [0, 0.05) is 16.3 Å². The highest BCUT2D eigenvalue weighted by molar-refractivity contribution is 7.11. The summed E-state index contributed by atoms with van der Waals surface area (Å²) < 4.78 is 0. The molecule has 0 atom stereocenters. The van der Waals surface area contributed by atoms with Crippen molar-refractivity contribution in [3.05, 3.63) is 44.8 Å². The van der Waals surface area contributed by atoms with Crippen LogP contribution in [0.2, 0.25) is 0 Å². The van der Waals surface area contributed by atoms with Gasteiger partial charge in [0.05, 0.1) is 6.04 Å². The first-order chi connectivity index (χ1) is 8.77. The largest absolute Gasteiger partial charge is 0.304 e. The number of thiophene rings is 2. The van der Waals surface area contributed by atoms with E-state index >= 15 is 0 Å². The highest BCUT2D eigenvalue weighted by atomic mass is 32.1. The molecule has 0 radical (unpaired) electrons. The van der Waals surface area contributed by atoms with Gasteiger partial charge in [0.1, 0.15) is 0 Å². The average molecular weight is 277 g/mol. The van der Waals surface area contributed by atoms with E-state index in [2.05, 4.69) is 47.3 Å². The Kier molecular flexibility index (Phi) is 3.55. The molecule has 2 aromatic heterocycles. The van der Waals surface area contributed by atoms with Crippen LogP contribution in [0, 0.1) is 5.41 Å². The second-order valence-electron chi connectivity index (χ2n) is 5.51. The van der Waals surface area contributed by atoms with E-state index in [1.165, 1.54) is 29.0 Å². The van der Waals surface area contributed by atoms with Crippen LogP contribution in [0.1, 0.15) is 42.0 Å². The highest BCUT2D eigenvalue weighted by Crippen LogP contribution is 2.40. The van der Waals surface area contributed by atoms with E-state index in [1.54, 1.807) is 0 Å². The van der Waals surface area contributed by atoms with Crippen molar-refractivity contribution in [1.82, 2.24) is 5.32 Å². The zero-order valence-corrected chi connectivity index (χ0v) is 12.3. The minimum atomic E-state index is 0.391. The molecular formula is C15H19NS2. The first kappa shape index (κ1) is 12.4. The molecule has 18 heavy (non-hydrogen) atoms. The first-order valence-electron chi connectivity index (χ1n) is 6.57. The summed E-state index contributed by atoms with van der Waals surface area (Å²) in [6.45, 7) is 3.54. The second kappa shape index (κ2) is 5.16. The van der Waals surface area contributed by atoms with Crippen LogP contribution in [0.3, 0.4) is 0 Å². The molecule has 3 heteroatoms. The number of rotatable bonds is 5. The third kappa shape index (κ3) is 2.53. The Bertz CT molecular complexity index is 434. The molecule has 1 N–H and O–H groups in total. The molecule has 1 aliphatic carbocycles. The maximum Gasteiger partial charge on any atom is 0.0765 e. The van der Waals surface area contributed by atoms with E-state index in [-0.39, 0.29) is 0 Å². The predicted octanol–water partition coefficient (Wildman–Crippen LogP) is 4.68. The van der Waals surface area contributed by atoms with Crippen LogP contribution in [0.5, 0.6) is 0 Å². The summed E-state index contributed by atoms with van der Waals surface area (Å²) in [5.41, 5.74) is 0.534. The van der Waals surface area contributed by atoms with E-state index in [1.807, 2.05) is 22.7 Å². The number of hydrogen-bond donors (Lipinski definition) is 1. The molecule has 1 aliphatic rings. The van der Waals surface area contributed by atoms with Crippen molar-refractivity contribution in [2.24, 2.45) is 5.41 Å². The third-order valence-corrected chi connectivity index (χ3v) is 5.82. The third-order valence-electron chi connectivity index (χ3n) is 3.95. The molecule has 0 aliphatic heterocycles. The van der Waals surface area contributed by atoms with Crippen molar-refractivity contribution in [3.63, 3.8) is 0 Å². The topological polar surface area (TPSA) is 12.0 Å². The monoisotopic (exact) mass is 277 g/mol. The Balaban J connectivity index is 1.74. The molecule has 3 rings (SSSR count). The first-order valence-corrected chi connectivity index (χ1v) is 8.33. The molecule has 1 saturated carbocycles. The van der Waals surface area contributed by atoms with Crippen molar-refractivity contribution >= 4 is 22.7 Å². The summed E-state index contributed by atoms with van der Waals surface area (Å²) in [4.78, 5) is 2.86. The van der Waals surface area contributed by atoms with E-state index in [4.69, 9.17) is 0 Å². The maximum atomic E-state index is 3.79. The van der Waals surface area contributed by atoms with Gasteiger partial charge in [0.15, 0.2) is 0 Å². The standard InChI is InChI=1S/C15H19NS2/c1-15(7-4-8-15)11-16-14(12-5-2-9-17-12)13-6-3-10-18-13/h2-3,5-6,9-10,14,16H,4,7-8,11H2,1H3. The van der Waals surface area contributed by atoms with Crippen LogP contribution in [-0.4, -0.2) is 6.54 Å². The van der Waals surface area contributed by atoms with E-state index < -0.39 is 0 Å². The van der Waals surface area contributed by atoms with Gasteiger partial charge in [-0.05, 0) is 41.1 Å². The van der Waals surface area contributed by atoms with Gasteiger partial charge >= 0.3 is 0 Å². The molecular weight excluding hydrogens is 258 g/mol. The Morgan fingerprint density at radius 1 is 1.17 bits per heavy atom. The van der Waals surface area contributed by atoms with Crippen LogP contribution in [0.15, 0.2) is 35.0 Å². The fourth-order valence-corrected chi connectivity index (χ4v) is 4.27. The van der Waals surface area contributed by atoms with Crippen LogP contribution >= 0.6 is 22.7 Å². The molecule has 0 saturated heterocycles. The highest BCUT2D eigenvalue weighted by Gasteiger charge is 2.32.